The summed E-state index contributed by atoms with van der Waals surface area (Å²) in [7, 11) is 1.97. The van der Waals surface area contributed by atoms with Crippen molar-refractivity contribution in [2.24, 2.45) is 0 Å². The van der Waals surface area contributed by atoms with Crippen LogP contribution in [0, 0.1) is 12.7 Å². The number of nitrogens with zero attached hydrogens (tertiary/aromatic N) is 1. The van der Waals surface area contributed by atoms with Gasteiger partial charge in [-0.05, 0) is 38.4 Å². The lowest BCUT2D eigenvalue weighted by molar-refractivity contribution is 0.445. The lowest BCUT2D eigenvalue weighted by Gasteiger charge is -2.35. The second-order valence-corrected chi connectivity index (χ2v) is 4.48. The summed E-state index contributed by atoms with van der Waals surface area (Å²) in [6, 6.07) is 5.77. The van der Waals surface area contributed by atoms with Crippen LogP contribution in [0.5, 0.6) is 0 Å². The molecule has 1 aromatic carbocycles. The third-order valence-corrected chi connectivity index (χ3v) is 3.33. The molecule has 1 aliphatic heterocycles. The van der Waals surface area contributed by atoms with Crippen LogP contribution >= 0.6 is 0 Å². The largest absolute Gasteiger partial charge is 0.367 e. The Balaban J connectivity index is 2.23. The smallest absolute Gasteiger partial charge is 0.146 e. The number of likely N-dealkylation sites (N-methyl/N-ethyl adjacent to an activating group) is 1. The topological polar surface area (TPSA) is 15.3 Å². The van der Waals surface area contributed by atoms with E-state index in [0.29, 0.717) is 6.04 Å². The van der Waals surface area contributed by atoms with Crippen LogP contribution in [0.3, 0.4) is 0 Å². The van der Waals surface area contributed by atoms with Gasteiger partial charge in [0.1, 0.15) is 5.82 Å². The van der Waals surface area contributed by atoms with Crippen molar-refractivity contribution in [2.45, 2.75) is 25.8 Å². The first-order valence-electron chi connectivity index (χ1n) is 5.89. The first kappa shape index (κ1) is 11.4. The van der Waals surface area contributed by atoms with Gasteiger partial charge in [-0.3, -0.25) is 0 Å². The lowest BCUT2D eigenvalue weighted by atomic mass is 10.0. The Morgan fingerprint density at radius 2 is 2.25 bits per heavy atom. The quantitative estimate of drug-likeness (QED) is 0.826. The van der Waals surface area contributed by atoms with E-state index < -0.39 is 0 Å². The molecule has 2 nitrogen and oxygen atoms in total. The monoisotopic (exact) mass is 222 g/mol. The Hall–Kier alpha value is -1.09. The van der Waals surface area contributed by atoms with Crippen LogP contribution in [0.15, 0.2) is 18.2 Å². The minimum Gasteiger partial charge on any atom is -0.367 e. The molecule has 1 aromatic rings. The van der Waals surface area contributed by atoms with Gasteiger partial charge in [-0.15, -0.1) is 0 Å². The fraction of sp³-hybridized carbons (Fsp3) is 0.538. The van der Waals surface area contributed by atoms with Crippen LogP contribution in [-0.4, -0.2) is 26.2 Å². The Morgan fingerprint density at radius 3 is 2.94 bits per heavy atom. The van der Waals surface area contributed by atoms with Crippen molar-refractivity contribution in [3.05, 3.63) is 29.6 Å². The summed E-state index contributed by atoms with van der Waals surface area (Å²) >= 11 is 0. The first-order chi connectivity index (χ1) is 7.72. The highest BCUT2D eigenvalue weighted by atomic mass is 19.1. The molecule has 0 spiro atoms. The molecule has 0 amide bonds. The molecule has 1 fully saturated rings. The Labute approximate surface area is 96.5 Å². The van der Waals surface area contributed by atoms with E-state index in [-0.39, 0.29) is 5.82 Å². The van der Waals surface area contributed by atoms with Crippen molar-refractivity contribution in [3.63, 3.8) is 0 Å². The summed E-state index contributed by atoms with van der Waals surface area (Å²) < 4.78 is 13.8. The van der Waals surface area contributed by atoms with E-state index in [2.05, 4.69) is 10.2 Å². The zero-order valence-electron chi connectivity index (χ0n) is 9.96. The molecule has 0 aromatic heterocycles. The molecule has 1 heterocycles. The molecule has 0 saturated carbocycles. The number of anilines is 1. The SMILES string of the molecule is CNC1CCCN(c2c(C)cccc2F)C1. The molecule has 1 atom stereocenters. The van der Waals surface area contributed by atoms with E-state index in [1.165, 1.54) is 6.42 Å². The third-order valence-electron chi connectivity index (χ3n) is 3.33. The van der Waals surface area contributed by atoms with Gasteiger partial charge in [0.25, 0.3) is 0 Å². The van der Waals surface area contributed by atoms with Gasteiger partial charge in [0, 0.05) is 19.1 Å². The molecule has 1 unspecified atom stereocenters. The van der Waals surface area contributed by atoms with E-state index in [0.717, 1.165) is 30.8 Å². The second kappa shape index (κ2) is 4.83. The normalized spacial score (nSPS) is 21.2. The molecule has 0 bridgehead atoms. The van der Waals surface area contributed by atoms with Crippen LogP contribution < -0.4 is 10.2 Å². The number of rotatable bonds is 2. The zero-order chi connectivity index (χ0) is 11.5. The van der Waals surface area contributed by atoms with Crippen molar-refractivity contribution in [2.75, 3.05) is 25.0 Å². The molecule has 3 heteroatoms. The van der Waals surface area contributed by atoms with E-state index in [1.54, 1.807) is 12.1 Å². The summed E-state index contributed by atoms with van der Waals surface area (Å²) in [5, 5.41) is 3.28. The van der Waals surface area contributed by atoms with E-state index in [4.69, 9.17) is 0 Å². The van der Waals surface area contributed by atoms with Crippen molar-refractivity contribution in [1.82, 2.24) is 5.32 Å². The second-order valence-electron chi connectivity index (χ2n) is 4.48. The molecule has 1 saturated heterocycles. The maximum atomic E-state index is 13.8. The average molecular weight is 222 g/mol. The third kappa shape index (κ3) is 2.19. The van der Waals surface area contributed by atoms with Gasteiger partial charge in [0.05, 0.1) is 5.69 Å². The molecule has 2 rings (SSSR count). The van der Waals surface area contributed by atoms with Gasteiger partial charge >= 0.3 is 0 Å². The molecular formula is C13H19FN2. The number of hydrogen-bond acceptors (Lipinski definition) is 2. The average Bonchev–Trinajstić information content (AvgIpc) is 2.29. The first-order valence-corrected chi connectivity index (χ1v) is 5.89. The van der Waals surface area contributed by atoms with E-state index in [9.17, 15) is 4.39 Å². The fourth-order valence-corrected chi connectivity index (χ4v) is 2.44. The molecule has 1 aliphatic rings. The summed E-state index contributed by atoms with van der Waals surface area (Å²) in [5.74, 6) is -0.100. The van der Waals surface area contributed by atoms with Gasteiger partial charge in [0.15, 0.2) is 0 Å². The molecule has 1 N–H and O–H groups in total. The number of aryl methyl sites for hydroxylation is 1. The van der Waals surface area contributed by atoms with Gasteiger partial charge < -0.3 is 10.2 Å². The Bertz CT molecular complexity index is 345. The van der Waals surface area contributed by atoms with Crippen molar-refractivity contribution < 1.29 is 4.39 Å². The number of hydrogen-bond donors (Lipinski definition) is 1. The predicted molar refractivity (Wildman–Crippen MR) is 65.4 cm³/mol. The van der Waals surface area contributed by atoms with Crippen LogP contribution in [-0.2, 0) is 0 Å². The molecule has 16 heavy (non-hydrogen) atoms. The predicted octanol–water partition coefficient (Wildman–Crippen LogP) is 2.32. The molecule has 0 radical (unpaired) electrons. The molecular weight excluding hydrogens is 203 g/mol. The molecule has 0 aliphatic carbocycles. The van der Waals surface area contributed by atoms with Gasteiger partial charge in [-0.2, -0.15) is 0 Å². The number of para-hydroxylation sites is 1. The summed E-state index contributed by atoms with van der Waals surface area (Å²) in [6.07, 6.45) is 2.31. The maximum Gasteiger partial charge on any atom is 0.146 e. The van der Waals surface area contributed by atoms with Crippen LogP contribution in [0.4, 0.5) is 10.1 Å². The van der Waals surface area contributed by atoms with E-state index in [1.807, 2.05) is 20.0 Å². The molecule has 88 valence electrons. The van der Waals surface area contributed by atoms with Crippen LogP contribution in [0.2, 0.25) is 0 Å². The van der Waals surface area contributed by atoms with Crippen LogP contribution in [0.25, 0.3) is 0 Å². The van der Waals surface area contributed by atoms with Crippen molar-refractivity contribution in [1.29, 1.82) is 0 Å². The van der Waals surface area contributed by atoms with Gasteiger partial charge in [-0.25, -0.2) is 4.39 Å². The van der Waals surface area contributed by atoms with Gasteiger partial charge in [-0.1, -0.05) is 12.1 Å². The van der Waals surface area contributed by atoms with E-state index >= 15 is 0 Å². The number of nitrogens with one attached hydrogen (secondary N) is 1. The minimum absolute atomic E-state index is 0.100. The Morgan fingerprint density at radius 1 is 1.44 bits per heavy atom. The highest BCUT2D eigenvalue weighted by Crippen LogP contribution is 2.26. The minimum atomic E-state index is -0.100. The summed E-state index contributed by atoms with van der Waals surface area (Å²) in [4.78, 5) is 2.16. The summed E-state index contributed by atoms with van der Waals surface area (Å²) in [6.45, 7) is 3.83. The van der Waals surface area contributed by atoms with Crippen molar-refractivity contribution >= 4 is 5.69 Å². The fourth-order valence-electron chi connectivity index (χ4n) is 2.44. The Kier molecular flexibility index (Phi) is 3.44. The summed E-state index contributed by atoms with van der Waals surface area (Å²) in [5.41, 5.74) is 1.80. The highest BCUT2D eigenvalue weighted by Gasteiger charge is 2.21. The van der Waals surface area contributed by atoms with Gasteiger partial charge in [0.2, 0.25) is 0 Å². The lowest BCUT2D eigenvalue weighted by Crippen LogP contribution is -2.45. The standard InChI is InChI=1S/C13H19FN2/c1-10-5-3-7-12(14)13(10)16-8-4-6-11(9-16)15-2/h3,5,7,11,15H,4,6,8-9H2,1-2H3. The number of halogens is 1. The van der Waals surface area contributed by atoms with Crippen LogP contribution in [0.1, 0.15) is 18.4 Å². The van der Waals surface area contributed by atoms with Crippen molar-refractivity contribution in [3.8, 4) is 0 Å². The highest BCUT2D eigenvalue weighted by molar-refractivity contribution is 5.54. The zero-order valence-corrected chi connectivity index (χ0v) is 9.96. The number of benzene rings is 1. The maximum absolute atomic E-state index is 13.8. The number of piperidine rings is 1.